The van der Waals surface area contributed by atoms with E-state index in [1.54, 1.807) is 31.2 Å². The van der Waals surface area contributed by atoms with E-state index in [0.29, 0.717) is 17.2 Å². The number of rotatable bonds is 6. The summed E-state index contributed by atoms with van der Waals surface area (Å²) in [7, 11) is 1.30. The number of hydrogen-bond donors (Lipinski definition) is 0. The third-order valence-electron chi connectivity index (χ3n) is 5.05. The highest BCUT2D eigenvalue weighted by Crippen LogP contribution is 2.35. The molecule has 0 N–H and O–H groups in total. The fraction of sp³-hybridized carbons (Fsp3) is 0.174. The second kappa shape index (κ2) is 8.31. The molecule has 1 fully saturated rings. The molecule has 1 saturated heterocycles. The van der Waals surface area contributed by atoms with Crippen LogP contribution in [0.2, 0.25) is 0 Å². The molecule has 1 aliphatic rings. The molecule has 0 unspecified atom stereocenters. The van der Waals surface area contributed by atoms with Gasteiger partial charge in [-0.2, -0.15) is 0 Å². The summed E-state index contributed by atoms with van der Waals surface area (Å²) in [4.78, 5) is 38.3. The van der Waals surface area contributed by atoms with Crippen LogP contribution in [-0.2, 0) is 16.1 Å². The average Bonchev–Trinajstić information content (AvgIpc) is 3.45. The van der Waals surface area contributed by atoms with Crippen LogP contribution in [0.5, 0.6) is 0 Å². The third-order valence-corrected chi connectivity index (χ3v) is 5.94. The maximum Gasteiger partial charge on any atom is 0.373 e. The number of methoxy groups -OCH3 is 1. The summed E-state index contributed by atoms with van der Waals surface area (Å²) >= 11 is 0.923. The highest BCUT2D eigenvalue weighted by molar-refractivity contribution is 8.18. The molecule has 1 aromatic carbocycles. The minimum atomic E-state index is -0.534. The number of para-hydroxylation sites is 1. The first-order valence-corrected chi connectivity index (χ1v) is 10.4. The number of thioether (sulfide) groups is 1. The quantitative estimate of drug-likeness (QED) is 0.317. The minimum absolute atomic E-state index is 0.138. The number of fused-ring (bicyclic) bond motifs is 1. The van der Waals surface area contributed by atoms with E-state index >= 15 is 0 Å². The van der Waals surface area contributed by atoms with E-state index in [1.807, 2.05) is 35.0 Å². The van der Waals surface area contributed by atoms with Crippen molar-refractivity contribution < 1.29 is 23.5 Å². The summed E-state index contributed by atoms with van der Waals surface area (Å²) in [6.45, 7) is 5.81. The molecule has 31 heavy (non-hydrogen) atoms. The van der Waals surface area contributed by atoms with Crippen molar-refractivity contribution in [1.82, 2.24) is 9.47 Å². The number of nitrogens with zero attached hydrogens (tertiary/aromatic N) is 2. The fourth-order valence-electron chi connectivity index (χ4n) is 3.44. The molecule has 1 aliphatic heterocycles. The minimum Gasteiger partial charge on any atom is -0.463 e. The molecular formula is C23H20N2O5S. The molecular weight excluding hydrogens is 416 g/mol. The number of hydrogen-bond acceptors (Lipinski definition) is 6. The number of benzene rings is 1. The van der Waals surface area contributed by atoms with Gasteiger partial charge in [0.2, 0.25) is 5.76 Å². The number of esters is 1. The lowest BCUT2D eigenvalue weighted by molar-refractivity contribution is -0.123. The van der Waals surface area contributed by atoms with Crippen LogP contribution in [0.15, 0.2) is 64.6 Å². The Morgan fingerprint density at radius 1 is 1.26 bits per heavy atom. The Kier molecular flexibility index (Phi) is 5.56. The Morgan fingerprint density at radius 3 is 2.77 bits per heavy atom. The molecule has 2 aromatic heterocycles. The number of carbonyl (C=O) groups excluding carboxylic acids is 3. The fourth-order valence-corrected chi connectivity index (χ4v) is 4.35. The van der Waals surface area contributed by atoms with Crippen molar-refractivity contribution in [3.05, 3.63) is 77.2 Å². The number of imide groups is 1. The number of ether oxygens (including phenoxy) is 1. The van der Waals surface area contributed by atoms with E-state index in [1.165, 1.54) is 12.0 Å². The lowest BCUT2D eigenvalue weighted by Crippen LogP contribution is -2.35. The standard InChI is InChI=1S/C23H20N2O5S/c1-4-14(2)25-21(26)20(31-23(25)28)11-15-12-24(18-8-6-5-7-17(15)18)13-16-9-10-19(30-16)22(27)29-3/h4-12,14H,1,13H2,2-3H3/b20-11-/t14-/m1/s1. The molecule has 1 atom stereocenters. The van der Waals surface area contributed by atoms with E-state index in [-0.39, 0.29) is 22.9 Å². The molecule has 2 amide bonds. The van der Waals surface area contributed by atoms with Crippen molar-refractivity contribution in [2.75, 3.05) is 7.11 Å². The van der Waals surface area contributed by atoms with Crippen LogP contribution in [-0.4, -0.2) is 39.7 Å². The maximum atomic E-state index is 12.8. The van der Waals surface area contributed by atoms with Crippen LogP contribution in [0.4, 0.5) is 4.79 Å². The van der Waals surface area contributed by atoms with Crippen molar-refractivity contribution in [2.24, 2.45) is 0 Å². The Labute approximate surface area is 182 Å². The van der Waals surface area contributed by atoms with E-state index in [0.717, 1.165) is 28.2 Å². The van der Waals surface area contributed by atoms with Crippen LogP contribution in [0.3, 0.4) is 0 Å². The van der Waals surface area contributed by atoms with Crippen LogP contribution < -0.4 is 0 Å². The third kappa shape index (κ3) is 3.82. The molecule has 0 spiro atoms. The molecule has 0 radical (unpaired) electrons. The first kappa shape index (κ1) is 20.7. The molecule has 4 rings (SSSR count). The first-order valence-electron chi connectivity index (χ1n) is 9.57. The number of carbonyl (C=O) groups is 3. The summed E-state index contributed by atoms with van der Waals surface area (Å²) < 4.78 is 12.2. The molecule has 7 nitrogen and oxygen atoms in total. The number of aromatic nitrogens is 1. The van der Waals surface area contributed by atoms with Crippen molar-refractivity contribution >= 4 is 45.9 Å². The topological polar surface area (TPSA) is 81.8 Å². The zero-order valence-electron chi connectivity index (χ0n) is 17.0. The second-order valence-electron chi connectivity index (χ2n) is 7.02. The first-order chi connectivity index (χ1) is 14.9. The molecule has 158 valence electrons. The van der Waals surface area contributed by atoms with E-state index in [9.17, 15) is 14.4 Å². The van der Waals surface area contributed by atoms with Crippen molar-refractivity contribution in [3.63, 3.8) is 0 Å². The van der Waals surface area contributed by atoms with Crippen LogP contribution in [0, 0.1) is 0 Å². The van der Waals surface area contributed by atoms with Gasteiger partial charge >= 0.3 is 5.97 Å². The van der Waals surface area contributed by atoms with Crippen LogP contribution in [0.1, 0.15) is 28.8 Å². The highest BCUT2D eigenvalue weighted by atomic mass is 32.2. The molecule has 0 bridgehead atoms. The molecule has 0 saturated carbocycles. The summed E-state index contributed by atoms with van der Waals surface area (Å²) in [5.41, 5.74) is 1.75. The van der Waals surface area contributed by atoms with Crippen molar-refractivity contribution in [2.45, 2.75) is 19.5 Å². The van der Waals surface area contributed by atoms with Gasteiger partial charge in [0.05, 0.1) is 24.6 Å². The molecule has 8 heteroatoms. The molecule has 0 aliphatic carbocycles. The second-order valence-corrected chi connectivity index (χ2v) is 8.01. The van der Waals surface area contributed by atoms with E-state index < -0.39 is 5.97 Å². The monoisotopic (exact) mass is 436 g/mol. The van der Waals surface area contributed by atoms with Gasteiger partial charge < -0.3 is 13.7 Å². The van der Waals surface area contributed by atoms with Crippen molar-refractivity contribution in [1.29, 1.82) is 0 Å². The van der Waals surface area contributed by atoms with Gasteiger partial charge in [-0.1, -0.05) is 24.3 Å². The number of amides is 2. The Balaban J connectivity index is 1.69. The maximum absolute atomic E-state index is 12.8. The van der Waals surface area contributed by atoms with Gasteiger partial charge in [0.15, 0.2) is 0 Å². The predicted octanol–water partition coefficient (Wildman–Crippen LogP) is 4.68. The van der Waals surface area contributed by atoms with Gasteiger partial charge in [-0.05, 0) is 43.0 Å². The summed E-state index contributed by atoms with van der Waals surface area (Å²) in [5, 5.41) is 0.629. The Bertz CT molecular complexity index is 1240. The lowest BCUT2D eigenvalue weighted by atomic mass is 10.1. The van der Waals surface area contributed by atoms with Gasteiger partial charge in [-0.15, -0.1) is 6.58 Å². The van der Waals surface area contributed by atoms with Crippen LogP contribution >= 0.6 is 11.8 Å². The Morgan fingerprint density at radius 2 is 2.03 bits per heavy atom. The van der Waals surface area contributed by atoms with Gasteiger partial charge in [0, 0.05) is 22.7 Å². The van der Waals surface area contributed by atoms with Gasteiger partial charge in [0.25, 0.3) is 11.1 Å². The SMILES string of the molecule is C=C[C@@H](C)N1C(=O)S/C(=C\c2cn(Cc3ccc(C(=O)OC)o3)c3ccccc23)C1=O. The molecule has 3 heterocycles. The summed E-state index contributed by atoms with van der Waals surface area (Å²) in [6.07, 6.45) is 5.20. The number of furan rings is 1. The molecule has 3 aromatic rings. The predicted molar refractivity (Wildman–Crippen MR) is 119 cm³/mol. The van der Waals surface area contributed by atoms with Gasteiger partial charge in [0.1, 0.15) is 5.76 Å². The van der Waals surface area contributed by atoms with E-state index in [2.05, 4.69) is 11.3 Å². The lowest BCUT2D eigenvalue weighted by Gasteiger charge is -2.17. The van der Waals surface area contributed by atoms with Gasteiger partial charge in [-0.3, -0.25) is 14.5 Å². The van der Waals surface area contributed by atoms with E-state index in [4.69, 9.17) is 4.42 Å². The average molecular weight is 436 g/mol. The summed E-state index contributed by atoms with van der Waals surface area (Å²) in [6, 6.07) is 10.7. The normalized spacial score (nSPS) is 16.3. The summed E-state index contributed by atoms with van der Waals surface area (Å²) in [5.74, 6) is -0.131. The van der Waals surface area contributed by atoms with Crippen molar-refractivity contribution in [3.8, 4) is 0 Å². The van der Waals surface area contributed by atoms with Gasteiger partial charge in [-0.25, -0.2) is 4.79 Å². The zero-order valence-corrected chi connectivity index (χ0v) is 17.8. The zero-order chi connectivity index (χ0) is 22.1. The highest BCUT2D eigenvalue weighted by Gasteiger charge is 2.37. The smallest absolute Gasteiger partial charge is 0.373 e. The largest absolute Gasteiger partial charge is 0.463 e. The Hall–Kier alpha value is -3.52. The van der Waals surface area contributed by atoms with Crippen LogP contribution in [0.25, 0.3) is 17.0 Å².